The SMILES string of the molecule is CCC(C)[C@H]1C(=O)N(CC2CCCO2)C[C@H]2N1C(=O)CN(C)N2C(=O)NCc1ccc(OC)cc1. The summed E-state index contributed by atoms with van der Waals surface area (Å²) in [5.41, 5.74) is 0.933. The Morgan fingerprint density at radius 1 is 1.26 bits per heavy atom. The molecule has 3 aliphatic heterocycles. The number of likely N-dealkylation sites (N-methyl/N-ethyl adjacent to an activating group) is 1. The van der Waals surface area contributed by atoms with Crippen LogP contribution in [0.4, 0.5) is 4.79 Å². The molecule has 0 radical (unpaired) electrons. The van der Waals surface area contributed by atoms with Gasteiger partial charge in [0.2, 0.25) is 11.8 Å². The molecule has 10 heteroatoms. The Kier molecular flexibility index (Phi) is 7.81. The van der Waals surface area contributed by atoms with Gasteiger partial charge in [0.15, 0.2) is 0 Å². The number of benzene rings is 1. The van der Waals surface area contributed by atoms with Crippen LogP contribution in [0.1, 0.15) is 38.7 Å². The molecule has 3 saturated heterocycles. The summed E-state index contributed by atoms with van der Waals surface area (Å²) in [6, 6.07) is 6.59. The number of fused-ring (bicyclic) bond motifs is 1. The van der Waals surface area contributed by atoms with E-state index in [9.17, 15) is 14.4 Å². The van der Waals surface area contributed by atoms with E-state index in [0.717, 1.165) is 30.6 Å². The molecule has 4 rings (SSSR count). The maximum absolute atomic E-state index is 13.6. The average molecular weight is 488 g/mol. The molecule has 3 heterocycles. The number of piperazine rings is 1. The van der Waals surface area contributed by atoms with E-state index in [1.807, 2.05) is 38.1 Å². The van der Waals surface area contributed by atoms with Crippen LogP contribution in [-0.4, -0.2) is 96.4 Å². The minimum atomic E-state index is -0.599. The van der Waals surface area contributed by atoms with Crippen LogP contribution in [0.5, 0.6) is 5.75 Å². The highest BCUT2D eigenvalue weighted by Crippen LogP contribution is 2.31. The Morgan fingerprint density at radius 3 is 2.63 bits per heavy atom. The van der Waals surface area contributed by atoms with Gasteiger partial charge in [-0.2, -0.15) is 0 Å². The number of carbonyl (C=O) groups is 3. The van der Waals surface area contributed by atoms with Crippen LogP contribution in [0, 0.1) is 5.92 Å². The summed E-state index contributed by atoms with van der Waals surface area (Å²) in [5, 5.41) is 6.23. The zero-order valence-electron chi connectivity index (χ0n) is 21.1. The van der Waals surface area contributed by atoms with Gasteiger partial charge in [-0.1, -0.05) is 32.4 Å². The van der Waals surface area contributed by atoms with Crippen LogP contribution in [0.3, 0.4) is 0 Å². The van der Waals surface area contributed by atoms with Crippen LogP contribution < -0.4 is 10.1 Å². The molecule has 0 saturated carbocycles. The summed E-state index contributed by atoms with van der Waals surface area (Å²) in [6.45, 7) is 5.84. The fourth-order valence-corrected chi connectivity index (χ4v) is 5.20. The normalized spacial score (nSPS) is 26.1. The molecule has 10 nitrogen and oxygen atoms in total. The summed E-state index contributed by atoms with van der Waals surface area (Å²) in [5.74, 6) is 0.530. The highest BCUT2D eigenvalue weighted by molar-refractivity contribution is 5.91. The molecule has 0 aliphatic carbocycles. The Morgan fingerprint density at radius 2 is 2.00 bits per heavy atom. The lowest BCUT2D eigenvalue weighted by atomic mass is 9.92. The summed E-state index contributed by atoms with van der Waals surface area (Å²) < 4.78 is 11.0. The predicted molar refractivity (Wildman–Crippen MR) is 129 cm³/mol. The molecule has 0 spiro atoms. The number of rotatable bonds is 7. The number of nitrogens with one attached hydrogen (secondary N) is 1. The zero-order chi connectivity index (χ0) is 25.1. The molecule has 1 aromatic carbocycles. The first-order valence-electron chi connectivity index (χ1n) is 12.5. The first-order chi connectivity index (χ1) is 16.8. The Labute approximate surface area is 207 Å². The molecule has 3 fully saturated rings. The van der Waals surface area contributed by atoms with Crippen molar-refractivity contribution in [3.8, 4) is 5.75 Å². The molecule has 0 aromatic heterocycles. The summed E-state index contributed by atoms with van der Waals surface area (Å²) in [7, 11) is 3.35. The summed E-state index contributed by atoms with van der Waals surface area (Å²) in [6.07, 6.45) is 2.07. The van der Waals surface area contributed by atoms with E-state index < -0.39 is 12.2 Å². The lowest BCUT2D eigenvalue weighted by Gasteiger charge is -2.55. The van der Waals surface area contributed by atoms with Crippen molar-refractivity contribution in [2.75, 3.05) is 40.4 Å². The van der Waals surface area contributed by atoms with Gasteiger partial charge in [0, 0.05) is 26.7 Å². The third kappa shape index (κ3) is 5.23. The van der Waals surface area contributed by atoms with Crippen molar-refractivity contribution in [3.63, 3.8) is 0 Å². The predicted octanol–water partition coefficient (Wildman–Crippen LogP) is 1.66. The van der Waals surface area contributed by atoms with Crippen molar-refractivity contribution in [1.29, 1.82) is 0 Å². The lowest BCUT2D eigenvalue weighted by molar-refractivity contribution is -0.191. The number of nitrogens with zero attached hydrogens (tertiary/aromatic N) is 4. The number of amides is 4. The third-order valence-electron chi connectivity index (χ3n) is 7.31. The monoisotopic (exact) mass is 487 g/mol. The molecule has 1 aromatic rings. The van der Waals surface area contributed by atoms with Crippen LogP contribution in [-0.2, 0) is 20.9 Å². The van der Waals surface area contributed by atoms with Crippen molar-refractivity contribution in [3.05, 3.63) is 29.8 Å². The minimum Gasteiger partial charge on any atom is -0.497 e. The fourth-order valence-electron chi connectivity index (χ4n) is 5.20. The van der Waals surface area contributed by atoms with Gasteiger partial charge in [0.05, 0.1) is 26.3 Å². The zero-order valence-corrected chi connectivity index (χ0v) is 21.1. The molecule has 2 unspecified atom stereocenters. The van der Waals surface area contributed by atoms with E-state index >= 15 is 0 Å². The largest absolute Gasteiger partial charge is 0.497 e. The Balaban J connectivity index is 1.56. The molecule has 192 valence electrons. The van der Waals surface area contributed by atoms with Gasteiger partial charge in [0.25, 0.3) is 0 Å². The summed E-state index contributed by atoms with van der Waals surface area (Å²) >= 11 is 0. The molecular weight excluding hydrogens is 450 g/mol. The van der Waals surface area contributed by atoms with E-state index in [-0.39, 0.29) is 43.0 Å². The average Bonchev–Trinajstić information content (AvgIpc) is 3.36. The topological polar surface area (TPSA) is 94.7 Å². The number of hydrogen-bond acceptors (Lipinski definition) is 6. The Bertz CT molecular complexity index is 919. The van der Waals surface area contributed by atoms with Gasteiger partial charge in [-0.05, 0) is 36.5 Å². The molecule has 4 amide bonds. The van der Waals surface area contributed by atoms with Crippen LogP contribution in [0.2, 0.25) is 0 Å². The highest BCUT2D eigenvalue weighted by atomic mass is 16.5. The van der Waals surface area contributed by atoms with E-state index in [2.05, 4.69) is 5.32 Å². The van der Waals surface area contributed by atoms with Gasteiger partial charge >= 0.3 is 6.03 Å². The van der Waals surface area contributed by atoms with Crippen LogP contribution in [0.25, 0.3) is 0 Å². The van der Waals surface area contributed by atoms with Gasteiger partial charge in [0.1, 0.15) is 18.0 Å². The van der Waals surface area contributed by atoms with Gasteiger partial charge in [-0.3, -0.25) is 9.59 Å². The second-order valence-electron chi connectivity index (χ2n) is 9.66. The van der Waals surface area contributed by atoms with Crippen molar-refractivity contribution in [1.82, 2.24) is 25.1 Å². The second-order valence-corrected chi connectivity index (χ2v) is 9.66. The first kappa shape index (κ1) is 25.2. The molecule has 1 N–H and O–H groups in total. The van der Waals surface area contributed by atoms with Crippen molar-refractivity contribution in [2.45, 2.75) is 58.0 Å². The second kappa shape index (κ2) is 10.8. The number of hydrazine groups is 1. The fraction of sp³-hybridized carbons (Fsp3) is 0.640. The van der Waals surface area contributed by atoms with Crippen molar-refractivity contribution >= 4 is 17.8 Å². The van der Waals surface area contributed by atoms with Gasteiger partial charge in [-0.25, -0.2) is 14.8 Å². The van der Waals surface area contributed by atoms with E-state index in [4.69, 9.17) is 9.47 Å². The minimum absolute atomic E-state index is 0.00236. The highest BCUT2D eigenvalue weighted by Gasteiger charge is 2.52. The molecule has 3 aliphatic rings. The quantitative estimate of drug-likeness (QED) is 0.629. The van der Waals surface area contributed by atoms with Crippen molar-refractivity contribution in [2.24, 2.45) is 5.92 Å². The lowest BCUT2D eigenvalue weighted by Crippen LogP contribution is -2.77. The van der Waals surface area contributed by atoms with E-state index in [1.54, 1.807) is 34.0 Å². The Hall–Kier alpha value is -2.85. The number of ether oxygens (including phenoxy) is 2. The smallest absolute Gasteiger partial charge is 0.334 e. The number of hydrogen-bond donors (Lipinski definition) is 1. The van der Waals surface area contributed by atoms with Gasteiger partial charge < -0.3 is 24.6 Å². The molecule has 0 bridgehead atoms. The van der Waals surface area contributed by atoms with Crippen LogP contribution >= 0.6 is 0 Å². The maximum atomic E-state index is 13.6. The maximum Gasteiger partial charge on any atom is 0.334 e. The van der Waals surface area contributed by atoms with Crippen LogP contribution in [0.15, 0.2) is 24.3 Å². The number of methoxy groups -OCH3 is 1. The third-order valence-corrected chi connectivity index (χ3v) is 7.31. The van der Waals surface area contributed by atoms with E-state index in [1.165, 1.54) is 0 Å². The number of carbonyl (C=O) groups excluding carboxylic acids is 3. The first-order valence-corrected chi connectivity index (χ1v) is 12.5. The van der Waals surface area contributed by atoms with Gasteiger partial charge in [-0.15, -0.1) is 0 Å². The van der Waals surface area contributed by atoms with Crippen molar-refractivity contribution < 1.29 is 23.9 Å². The van der Waals surface area contributed by atoms with E-state index in [0.29, 0.717) is 19.7 Å². The molecular formula is C25H37N5O5. The summed E-state index contributed by atoms with van der Waals surface area (Å²) in [4.78, 5) is 43.6. The number of urea groups is 1. The molecule has 35 heavy (non-hydrogen) atoms. The standard InChI is InChI=1S/C25H37N5O5/c1-5-17(2)23-24(32)28(14-20-7-6-12-35-20)15-21-29(23)22(31)16-27(3)30(21)25(33)26-13-18-8-10-19(34-4)11-9-18/h8-11,17,20-21,23H,5-7,12-16H2,1-4H3,(H,26,33)/t17?,20?,21-,23-/m0/s1. The molecule has 4 atom stereocenters.